The third-order valence-corrected chi connectivity index (χ3v) is 4.66. The summed E-state index contributed by atoms with van der Waals surface area (Å²) in [5.74, 6) is 0.619. The number of benzene rings is 2. The van der Waals surface area contributed by atoms with Crippen molar-refractivity contribution in [1.82, 2.24) is 19.7 Å². The van der Waals surface area contributed by atoms with Crippen molar-refractivity contribution in [3.8, 4) is 11.4 Å². The van der Waals surface area contributed by atoms with Gasteiger partial charge in [0.05, 0.1) is 0 Å². The Kier molecular flexibility index (Phi) is 5.52. The number of anilines is 2. The van der Waals surface area contributed by atoms with Crippen molar-refractivity contribution >= 4 is 17.5 Å². The smallest absolute Gasteiger partial charge is 0.281 e. The summed E-state index contributed by atoms with van der Waals surface area (Å²) in [4.78, 5) is 23.7. The first kappa shape index (κ1) is 19.3. The van der Waals surface area contributed by atoms with Crippen molar-refractivity contribution in [3.63, 3.8) is 0 Å². The van der Waals surface area contributed by atoms with Gasteiger partial charge in [0.15, 0.2) is 5.82 Å². The second-order valence-electron chi connectivity index (χ2n) is 6.99. The van der Waals surface area contributed by atoms with Gasteiger partial charge in [0.1, 0.15) is 0 Å². The number of rotatable bonds is 6. The summed E-state index contributed by atoms with van der Waals surface area (Å²) in [7, 11) is 4.01. The van der Waals surface area contributed by atoms with Crippen LogP contribution in [0.15, 0.2) is 79.1 Å². The number of hydrogen-bond donors (Lipinski definition) is 1. The fraction of sp³-hybridized carbons (Fsp3) is 0.130. The lowest BCUT2D eigenvalue weighted by Crippen LogP contribution is -2.17. The molecule has 2 heterocycles. The Hall–Kier alpha value is -4.00. The highest BCUT2D eigenvalue weighted by Gasteiger charge is 2.18. The zero-order valence-electron chi connectivity index (χ0n) is 16.9. The van der Waals surface area contributed by atoms with Gasteiger partial charge in [0, 0.05) is 49.8 Å². The molecule has 0 radical (unpaired) electrons. The summed E-state index contributed by atoms with van der Waals surface area (Å²) in [6.07, 6.45) is 3.35. The van der Waals surface area contributed by atoms with Gasteiger partial charge in [-0.05, 0) is 42.0 Å². The van der Waals surface area contributed by atoms with E-state index in [0.717, 1.165) is 16.8 Å². The zero-order chi connectivity index (χ0) is 20.9. The zero-order valence-corrected chi connectivity index (χ0v) is 16.9. The first-order chi connectivity index (χ1) is 14.6. The summed E-state index contributed by atoms with van der Waals surface area (Å²) in [5, 5.41) is 7.72. The number of carbonyl (C=O) groups is 1. The van der Waals surface area contributed by atoms with Crippen molar-refractivity contribution in [3.05, 3.63) is 90.3 Å². The van der Waals surface area contributed by atoms with Crippen molar-refractivity contribution in [1.29, 1.82) is 0 Å². The van der Waals surface area contributed by atoms with Crippen LogP contribution in [0.4, 0.5) is 11.6 Å². The highest BCUT2D eigenvalue weighted by atomic mass is 16.2. The molecule has 2 aromatic carbocycles. The summed E-state index contributed by atoms with van der Waals surface area (Å²) in [6, 6.07) is 20.9. The molecule has 0 saturated carbocycles. The molecule has 4 rings (SSSR count). The Bertz CT molecular complexity index is 1120. The molecule has 0 aliphatic carbocycles. The monoisotopic (exact) mass is 398 g/mol. The second kappa shape index (κ2) is 8.57. The van der Waals surface area contributed by atoms with Gasteiger partial charge < -0.3 is 10.2 Å². The van der Waals surface area contributed by atoms with Crippen LogP contribution in [0.2, 0.25) is 0 Å². The average Bonchev–Trinajstić information content (AvgIpc) is 3.23. The molecule has 1 N–H and O–H groups in total. The lowest BCUT2D eigenvalue weighted by molar-refractivity contribution is 0.0947. The van der Waals surface area contributed by atoms with Crippen LogP contribution in [0.25, 0.3) is 11.4 Å². The first-order valence-corrected chi connectivity index (χ1v) is 9.59. The Morgan fingerprint density at radius 2 is 1.67 bits per heavy atom. The molecule has 150 valence electrons. The maximum Gasteiger partial charge on any atom is 0.281 e. The molecule has 0 spiro atoms. The molecule has 0 unspecified atom stereocenters. The average molecular weight is 398 g/mol. The van der Waals surface area contributed by atoms with Crippen LogP contribution in [0, 0.1) is 0 Å². The fourth-order valence-corrected chi connectivity index (χ4v) is 2.99. The van der Waals surface area contributed by atoms with E-state index in [9.17, 15) is 4.79 Å². The van der Waals surface area contributed by atoms with Gasteiger partial charge in [-0.15, -0.1) is 5.10 Å². The van der Waals surface area contributed by atoms with Crippen molar-refractivity contribution in [2.45, 2.75) is 6.54 Å². The number of nitrogens with one attached hydrogen (secondary N) is 1. The van der Waals surface area contributed by atoms with E-state index in [2.05, 4.69) is 32.5 Å². The Labute approximate surface area is 175 Å². The first-order valence-electron chi connectivity index (χ1n) is 9.59. The van der Waals surface area contributed by atoms with E-state index >= 15 is 0 Å². The topological polar surface area (TPSA) is 75.9 Å². The molecular weight excluding hydrogens is 376 g/mol. The van der Waals surface area contributed by atoms with E-state index in [1.165, 1.54) is 4.68 Å². The maximum atomic E-state index is 13.0. The molecular formula is C23H22N6O. The Morgan fingerprint density at radius 3 is 2.33 bits per heavy atom. The fourth-order valence-electron chi connectivity index (χ4n) is 2.99. The maximum absolute atomic E-state index is 13.0. The van der Waals surface area contributed by atoms with Crippen LogP contribution in [0.1, 0.15) is 15.9 Å². The third-order valence-electron chi connectivity index (χ3n) is 4.66. The molecule has 0 saturated heterocycles. The molecule has 4 aromatic rings. The Balaban J connectivity index is 1.63. The van der Waals surface area contributed by atoms with Crippen molar-refractivity contribution in [2.75, 3.05) is 24.3 Å². The van der Waals surface area contributed by atoms with Crippen molar-refractivity contribution in [2.24, 2.45) is 0 Å². The van der Waals surface area contributed by atoms with Crippen LogP contribution in [-0.2, 0) is 6.54 Å². The lowest BCUT2D eigenvalue weighted by atomic mass is 10.2. The molecule has 0 aliphatic rings. The van der Waals surface area contributed by atoms with Gasteiger partial charge in [0.25, 0.3) is 5.91 Å². The summed E-state index contributed by atoms with van der Waals surface area (Å²) in [6.45, 7) is 0.518. The van der Waals surface area contributed by atoms with Crippen LogP contribution in [0.5, 0.6) is 0 Å². The van der Waals surface area contributed by atoms with E-state index in [4.69, 9.17) is 0 Å². The molecule has 2 aromatic heterocycles. The summed E-state index contributed by atoms with van der Waals surface area (Å²) in [5.41, 5.74) is 3.54. The van der Waals surface area contributed by atoms with Gasteiger partial charge in [-0.1, -0.05) is 30.3 Å². The minimum absolute atomic E-state index is 0.242. The van der Waals surface area contributed by atoms with Crippen LogP contribution < -0.4 is 10.2 Å². The standard InChI is InChI=1S/C23H22N6O/c1-28(2)20-10-8-17(9-11-20)16-25-23-26-21(18-12-14-24-15-13-18)27-29(23)22(30)19-6-4-3-5-7-19/h3-15H,16H2,1-2H3,(H,25,26,27). The highest BCUT2D eigenvalue weighted by Crippen LogP contribution is 2.19. The minimum Gasteiger partial charge on any atom is -0.378 e. The number of aromatic nitrogens is 4. The van der Waals surface area contributed by atoms with E-state index in [0.29, 0.717) is 23.9 Å². The van der Waals surface area contributed by atoms with Crippen LogP contribution in [0.3, 0.4) is 0 Å². The van der Waals surface area contributed by atoms with Gasteiger partial charge in [-0.2, -0.15) is 9.67 Å². The SMILES string of the molecule is CN(C)c1ccc(CNc2nc(-c3ccncc3)nn2C(=O)c2ccccc2)cc1. The predicted molar refractivity (Wildman–Crippen MR) is 118 cm³/mol. The van der Waals surface area contributed by atoms with Gasteiger partial charge in [0.2, 0.25) is 5.95 Å². The Morgan fingerprint density at radius 1 is 0.967 bits per heavy atom. The molecule has 0 fully saturated rings. The van der Waals surface area contributed by atoms with E-state index in [1.54, 1.807) is 24.5 Å². The number of hydrogen-bond acceptors (Lipinski definition) is 6. The summed E-state index contributed by atoms with van der Waals surface area (Å²) >= 11 is 0. The molecule has 0 atom stereocenters. The molecule has 7 heteroatoms. The molecule has 0 aliphatic heterocycles. The van der Waals surface area contributed by atoms with E-state index < -0.39 is 0 Å². The summed E-state index contributed by atoms with van der Waals surface area (Å²) < 4.78 is 1.32. The van der Waals surface area contributed by atoms with E-state index in [1.807, 2.05) is 61.5 Å². The van der Waals surface area contributed by atoms with Gasteiger partial charge in [-0.3, -0.25) is 9.78 Å². The van der Waals surface area contributed by atoms with Crippen molar-refractivity contribution < 1.29 is 4.79 Å². The normalized spacial score (nSPS) is 10.6. The van der Waals surface area contributed by atoms with E-state index in [-0.39, 0.29) is 5.91 Å². The number of pyridine rings is 1. The molecule has 0 bridgehead atoms. The molecule has 7 nitrogen and oxygen atoms in total. The largest absolute Gasteiger partial charge is 0.378 e. The van der Waals surface area contributed by atoms with Crippen LogP contribution >= 0.6 is 0 Å². The lowest BCUT2D eigenvalue weighted by Gasteiger charge is -2.13. The number of nitrogens with zero attached hydrogens (tertiary/aromatic N) is 5. The molecule has 30 heavy (non-hydrogen) atoms. The van der Waals surface area contributed by atoms with Gasteiger partial charge >= 0.3 is 0 Å². The predicted octanol–water partition coefficient (Wildman–Crippen LogP) is 3.71. The molecule has 0 amide bonds. The third kappa shape index (κ3) is 4.20. The minimum atomic E-state index is -0.242. The highest BCUT2D eigenvalue weighted by molar-refractivity contribution is 5.97. The van der Waals surface area contributed by atoms with Crippen LogP contribution in [-0.4, -0.2) is 39.8 Å². The quantitative estimate of drug-likeness (QED) is 0.534. The van der Waals surface area contributed by atoms with Gasteiger partial charge in [-0.25, -0.2) is 0 Å². The second-order valence-corrected chi connectivity index (χ2v) is 6.99. The number of carbonyl (C=O) groups excluding carboxylic acids is 1.